The number of allylic oxidation sites excluding steroid dienone is 2. The molecule has 0 rings (SSSR count). The molecule has 0 aliphatic carbocycles. The van der Waals surface area contributed by atoms with Crippen molar-refractivity contribution in [2.45, 2.75) is 107 Å². The Morgan fingerprint density at radius 2 is 1.03 bits per heavy atom. The summed E-state index contributed by atoms with van der Waals surface area (Å²) in [6, 6.07) is 4.33. The van der Waals surface area contributed by atoms with Crippen LogP contribution in [0.3, 0.4) is 0 Å². The number of rotatable bonds is 14. The molecule has 0 saturated carbocycles. The molecule has 0 saturated heterocycles. The molecule has 0 aromatic heterocycles. The third-order valence-electron chi connectivity index (χ3n) is 4.24. The Hall–Kier alpha value is -2.34. The summed E-state index contributed by atoms with van der Waals surface area (Å²) in [7, 11) is 0. The molecule has 0 aliphatic rings. The smallest absolute Gasteiger partial charge is 0.305 e. The lowest BCUT2D eigenvalue weighted by Gasteiger charge is -2.13. The van der Waals surface area contributed by atoms with Crippen LogP contribution in [0.2, 0.25) is 0 Å². The number of unbranched alkanes of at least 4 members (excludes halogenated alkanes) is 2. The van der Waals surface area contributed by atoms with E-state index in [1.807, 2.05) is 67.5 Å². The molecule has 0 radical (unpaired) electrons. The van der Waals surface area contributed by atoms with Crippen LogP contribution < -0.4 is 0 Å². The van der Waals surface area contributed by atoms with Gasteiger partial charge in [0.2, 0.25) is 0 Å². The van der Waals surface area contributed by atoms with Crippen LogP contribution in [0.4, 0.5) is 0 Å². The number of carbonyl (C=O) groups excluding carboxylic acids is 2. The van der Waals surface area contributed by atoms with Gasteiger partial charge >= 0.3 is 11.9 Å². The molecule has 0 N–H and O–H groups in total. The molecular weight excluding hydrogens is 404 g/mol. The lowest BCUT2D eigenvalue weighted by atomic mass is 9.90. The molecule has 6 heteroatoms. The van der Waals surface area contributed by atoms with Gasteiger partial charge in [0.25, 0.3) is 0 Å². The molecule has 6 nitrogen and oxygen atoms in total. The van der Waals surface area contributed by atoms with E-state index < -0.39 is 10.8 Å². The van der Waals surface area contributed by atoms with E-state index in [-0.39, 0.29) is 24.8 Å². The van der Waals surface area contributed by atoms with Crippen molar-refractivity contribution in [1.29, 1.82) is 10.5 Å². The van der Waals surface area contributed by atoms with Gasteiger partial charge in [-0.1, -0.05) is 39.8 Å². The van der Waals surface area contributed by atoms with E-state index >= 15 is 0 Å². The maximum atomic E-state index is 11.6. The van der Waals surface area contributed by atoms with Crippen molar-refractivity contribution >= 4 is 11.9 Å². The molecule has 0 unspecified atom stereocenters. The summed E-state index contributed by atoms with van der Waals surface area (Å²) in [5.41, 5.74) is -0.993. The summed E-state index contributed by atoms with van der Waals surface area (Å²) in [5, 5.41) is 17.8. The van der Waals surface area contributed by atoms with Crippen molar-refractivity contribution in [2.75, 3.05) is 13.2 Å². The van der Waals surface area contributed by atoms with Crippen LogP contribution in [-0.4, -0.2) is 25.2 Å². The Morgan fingerprint density at radius 1 is 0.719 bits per heavy atom. The first-order chi connectivity index (χ1) is 15.1. The average Bonchev–Trinajstić information content (AvgIpc) is 2.80. The largest absolute Gasteiger partial charge is 0.466 e. The highest BCUT2D eigenvalue weighted by Gasteiger charge is 2.19. The molecular formula is C26H46N2O4. The topological polar surface area (TPSA) is 100 Å². The van der Waals surface area contributed by atoms with Crippen molar-refractivity contribution in [1.82, 2.24) is 0 Å². The molecule has 0 fully saturated rings. The molecule has 0 aromatic rings. The summed E-state index contributed by atoms with van der Waals surface area (Å²) in [4.78, 5) is 23.2. The number of ether oxygens (including phenoxy) is 2. The summed E-state index contributed by atoms with van der Waals surface area (Å²) in [6.45, 7) is 16.0. The van der Waals surface area contributed by atoms with Gasteiger partial charge in [-0.2, -0.15) is 10.5 Å². The minimum absolute atomic E-state index is 0.257. The van der Waals surface area contributed by atoms with E-state index in [1.165, 1.54) is 0 Å². The van der Waals surface area contributed by atoms with Crippen LogP contribution in [-0.2, 0) is 19.1 Å². The summed E-state index contributed by atoms with van der Waals surface area (Å²) in [5.74, 6) is -0.514. The Balaban J connectivity index is -0.00000198. The lowest BCUT2D eigenvalue weighted by Crippen LogP contribution is -2.13. The Labute approximate surface area is 197 Å². The van der Waals surface area contributed by atoms with Crippen LogP contribution in [0, 0.1) is 33.5 Å². The van der Waals surface area contributed by atoms with Gasteiger partial charge in [0, 0.05) is 12.8 Å². The molecule has 0 aromatic carbocycles. The van der Waals surface area contributed by atoms with Crippen molar-refractivity contribution in [3.05, 3.63) is 12.2 Å². The van der Waals surface area contributed by atoms with Crippen molar-refractivity contribution in [3.63, 3.8) is 0 Å². The van der Waals surface area contributed by atoms with Crippen LogP contribution in [0.1, 0.15) is 107 Å². The van der Waals surface area contributed by atoms with Crippen LogP contribution in [0.25, 0.3) is 0 Å². The Bertz CT molecular complexity index is 544. The fourth-order valence-corrected chi connectivity index (χ4v) is 2.10. The van der Waals surface area contributed by atoms with E-state index in [0.29, 0.717) is 26.1 Å². The summed E-state index contributed by atoms with van der Waals surface area (Å²) < 4.78 is 10.3. The predicted octanol–water partition coefficient (Wildman–Crippen LogP) is 6.90. The van der Waals surface area contributed by atoms with Crippen LogP contribution in [0.15, 0.2) is 12.2 Å². The maximum Gasteiger partial charge on any atom is 0.305 e. The van der Waals surface area contributed by atoms with Crippen molar-refractivity contribution in [3.8, 4) is 12.1 Å². The fraction of sp³-hybridized carbons (Fsp3) is 0.769. The van der Waals surface area contributed by atoms with Crippen LogP contribution in [0.5, 0.6) is 0 Å². The fourth-order valence-electron chi connectivity index (χ4n) is 2.10. The number of nitrogens with zero attached hydrogens (tertiary/aromatic N) is 2. The molecule has 0 amide bonds. The normalized spacial score (nSPS) is 10.6. The van der Waals surface area contributed by atoms with Crippen LogP contribution >= 0.6 is 0 Å². The van der Waals surface area contributed by atoms with Gasteiger partial charge in [-0.15, -0.1) is 0 Å². The molecule has 32 heavy (non-hydrogen) atoms. The van der Waals surface area contributed by atoms with E-state index in [4.69, 9.17) is 20.0 Å². The highest BCUT2D eigenvalue weighted by atomic mass is 16.5. The van der Waals surface area contributed by atoms with E-state index in [2.05, 4.69) is 12.1 Å². The average molecular weight is 451 g/mol. The second-order valence-corrected chi connectivity index (χ2v) is 8.19. The van der Waals surface area contributed by atoms with E-state index in [1.54, 1.807) is 0 Å². The monoisotopic (exact) mass is 450 g/mol. The third-order valence-corrected chi connectivity index (χ3v) is 4.24. The lowest BCUT2D eigenvalue weighted by molar-refractivity contribution is -0.145. The number of esters is 2. The van der Waals surface area contributed by atoms with Gasteiger partial charge < -0.3 is 9.47 Å². The Morgan fingerprint density at radius 3 is 1.31 bits per heavy atom. The van der Waals surface area contributed by atoms with Crippen molar-refractivity contribution < 1.29 is 19.1 Å². The molecule has 0 bridgehead atoms. The zero-order valence-corrected chi connectivity index (χ0v) is 21.8. The Kier molecular flexibility index (Phi) is 23.4. The predicted molar refractivity (Wildman–Crippen MR) is 129 cm³/mol. The standard InChI is InChI=1S/C22H34N2O4.2C2H6/c1-21(2,17-23)13-11-19(25)27-15-9-7-5-6-8-10-16-28-20(26)12-14-22(3,4)18-24;2*1-2/h5-6H,7-16H2,1-4H3;2*1-2H3/b6-5-;;. The molecule has 184 valence electrons. The second kappa shape index (κ2) is 21.9. The maximum absolute atomic E-state index is 11.6. The quantitative estimate of drug-likeness (QED) is 0.162. The summed E-state index contributed by atoms with van der Waals surface area (Å²) >= 11 is 0. The highest BCUT2D eigenvalue weighted by molar-refractivity contribution is 5.69. The highest BCUT2D eigenvalue weighted by Crippen LogP contribution is 2.21. The first kappa shape index (κ1) is 34.3. The second-order valence-electron chi connectivity index (χ2n) is 8.19. The zero-order valence-electron chi connectivity index (χ0n) is 21.8. The van der Waals surface area contributed by atoms with Crippen molar-refractivity contribution in [2.24, 2.45) is 10.8 Å². The zero-order chi connectivity index (χ0) is 25.5. The van der Waals surface area contributed by atoms with Gasteiger partial charge in [0.15, 0.2) is 0 Å². The van der Waals surface area contributed by atoms with Gasteiger partial charge in [0.05, 0.1) is 36.2 Å². The van der Waals surface area contributed by atoms with E-state index in [9.17, 15) is 9.59 Å². The number of hydrogen-bond donors (Lipinski definition) is 0. The van der Waals surface area contributed by atoms with Gasteiger partial charge in [-0.25, -0.2) is 0 Å². The number of carbonyl (C=O) groups is 2. The minimum Gasteiger partial charge on any atom is -0.466 e. The molecule has 0 atom stereocenters. The van der Waals surface area contributed by atoms with Gasteiger partial charge in [0.1, 0.15) is 0 Å². The first-order valence-corrected chi connectivity index (χ1v) is 11.9. The molecule has 0 aliphatic heterocycles. The SMILES string of the molecule is CC.CC.CC(C)(C#N)CCC(=O)OCCC/C=C\CCCOC(=O)CCC(C)(C)C#N. The van der Waals surface area contributed by atoms with Gasteiger partial charge in [-0.05, 0) is 66.2 Å². The van der Waals surface area contributed by atoms with Gasteiger partial charge in [-0.3, -0.25) is 9.59 Å². The third kappa shape index (κ3) is 23.9. The van der Waals surface area contributed by atoms with E-state index in [0.717, 1.165) is 25.7 Å². The first-order valence-electron chi connectivity index (χ1n) is 11.9. The number of hydrogen-bond acceptors (Lipinski definition) is 6. The minimum atomic E-state index is -0.497. The number of nitriles is 2. The molecule has 0 spiro atoms. The molecule has 0 heterocycles. The summed E-state index contributed by atoms with van der Waals surface area (Å²) in [6.07, 6.45) is 8.76.